The van der Waals surface area contributed by atoms with Gasteiger partial charge < -0.3 is 8.94 Å². The Kier molecular flexibility index (Phi) is 4.64. The predicted molar refractivity (Wildman–Crippen MR) is 88.2 cm³/mol. The van der Waals surface area contributed by atoms with Crippen LogP contribution in [0, 0.1) is 5.92 Å². The molecule has 24 heavy (non-hydrogen) atoms. The molecule has 0 saturated heterocycles. The zero-order chi connectivity index (χ0) is 16.2. The number of nitrogens with zero attached hydrogens (tertiary/aromatic N) is 4. The van der Waals surface area contributed by atoms with E-state index in [0.29, 0.717) is 28.4 Å². The Morgan fingerprint density at radius 3 is 3.00 bits per heavy atom. The van der Waals surface area contributed by atoms with Crippen molar-refractivity contribution in [2.45, 2.75) is 49.4 Å². The van der Waals surface area contributed by atoms with E-state index in [-0.39, 0.29) is 0 Å². The molecule has 1 N–H and O–H groups in total. The van der Waals surface area contributed by atoms with Crippen molar-refractivity contribution in [3.63, 3.8) is 0 Å². The lowest BCUT2D eigenvalue weighted by atomic mass is 10.0. The minimum absolute atomic E-state index is 0.461. The summed E-state index contributed by atoms with van der Waals surface area (Å²) in [7, 11) is 0. The highest BCUT2D eigenvalue weighted by atomic mass is 32.2. The number of nitrogens with one attached hydrogen (secondary N) is 1. The average Bonchev–Trinajstić information content (AvgIpc) is 3.40. The average molecular weight is 345 g/mol. The van der Waals surface area contributed by atoms with Gasteiger partial charge >= 0.3 is 0 Å². The summed E-state index contributed by atoms with van der Waals surface area (Å²) < 4.78 is 10.5. The Morgan fingerprint density at radius 2 is 2.17 bits per heavy atom. The molecule has 3 aromatic heterocycles. The van der Waals surface area contributed by atoms with E-state index in [4.69, 9.17) is 8.94 Å². The van der Waals surface area contributed by atoms with E-state index in [0.717, 1.165) is 18.2 Å². The molecule has 0 aromatic carbocycles. The van der Waals surface area contributed by atoms with Gasteiger partial charge in [0.05, 0.1) is 12.0 Å². The molecule has 1 fully saturated rings. The van der Waals surface area contributed by atoms with Crippen molar-refractivity contribution in [1.82, 2.24) is 25.3 Å². The van der Waals surface area contributed by atoms with Gasteiger partial charge in [-0.25, -0.2) is 4.98 Å². The second-order valence-corrected chi connectivity index (χ2v) is 6.97. The molecule has 126 valence electrons. The van der Waals surface area contributed by atoms with E-state index in [1.54, 1.807) is 18.4 Å². The van der Waals surface area contributed by atoms with Gasteiger partial charge in [-0.3, -0.25) is 5.10 Å². The zero-order valence-corrected chi connectivity index (χ0v) is 14.1. The molecule has 0 amide bonds. The molecule has 1 saturated carbocycles. The van der Waals surface area contributed by atoms with Crippen molar-refractivity contribution < 1.29 is 8.94 Å². The van der Waals surface area contributed by atoms with Crippen LogP contribution in [0.1, 0.15) is 43.8 Å². The van der Waals surface area contributed by atoms with Gasteiger partial charge in [-0.2, -0.15) is 4.98 Å². The first-order valence-electron chi connectivity index (χ1n) is 8.27. The van der Waals surface area contributed by atoms with E-state index in [1.807, 2.05) is 0 Å². The first kappa shape index (κ1) is 15.4. The summed E-state index contributed by atoms with van der Waals surface area (Å²) in [6, 6.07) is 3.59. The van der Waals surface area contributed by atoms with Crippen LogP contribution in [-0.2, 0) is 12.2 Å². The van der Waals surface area contributed by atoms with Gasteiger partial charge in [0.2, 0.25) is 16.9 Å². The van der Waals surface area contributed by atoms with Crippen molar-refractivity contribution in [3.05, 3.63) is 30.1 Å². The van der Waals surface area contributed by atoms with Crippen LogP contribution in [0.5, 0.6) is 0 Å². The molecular weight excluding hydrogens is 326 g/mol. The van der Waals surface area contributed by atoms with Gasteiger partial charge in [-0.1, -0.05) is 42.6 Å². The molecule has 0 radical (unpaired) electrons. The largest absolute Gasteiger partial charge is 0.461 e. The van der Waals surface area contributed by atoms with Crippen LogP contribution in [-0.4, -0.2) is 25.3 Å². The predicted octanol–water partition coefficient (Wildman–Crippen LogP) is 3.86. The number of furan rings is 1. The van der Waals surface area contributed by atoms with Gasteiger partial charge in [0.1, 0.15) is 5.82 Å². The highest BCUT2D eigenvalue weighted by Gasteiger charge is 2.16. The first-order valence-corrected chi connectivity index (χ1v) is 9.26. The first-order chi connectivity index (χ1) is 11.9. The third kappa shape index (κ3) is 3.69. The topological polar surface area (TPSA) is 93.6 Å². The fourth-order valence-electron chi connectivity index (χ4n) is 3.04. The summed E-state index contributed by atoms with van der Waals surface area (Å²) in [5, 5.41) is 11.9. The maximum atomic E-state index is 5.25. The minimum Gasteiger partial charge on any atom is -0.461 e. The lowest BCUT2D eigenvalue weighted by molar-refractivity contribution is 0.390. The van der Waals surface area contributed by atoms with E-state index in [9.17, 15) is 0 Å². The van der Waals surface area contributed by atoms with Crippen LogP contribution in [0.25, 0.3) is 11.6 Å². The number of hydrogen-bond donors (Lipinski definition) is 1. The lowest BCUT2D eigenvalue weighted by Crippen LogP contribution is -1.97. The van der Waals surface area contributed by atoms with E-state index < -0.39 is 0 Å². The number of aromatic amines is 1. The van der Waals surface area contributed by atoms with Gasteiger partial charge in [0.25, 0.3) is 0 Å². The third-order valence-corrected chi connectivity index (χ3v) is 5.14. The molecule has 8 heteroatoms. The molecule has 3 aromatic rings. The molecule has 7 nitrogen and oxygen atoms in total. The number of aromatic nitrogens is 5. The summed E-state index contributed by atoms with van der Waals surface area (Å²) >= 11 is 1.48. The molecule has 3 heterocycles. The normalized spacial score (nSPS) is 15.3. The summed E-state index contributed by atoms with van der Waals surface area (Å²) in [6.07, 6.45) is 9.26. The van der Waals surface area contributed by atoms with Gasteiger partial charge in [0.15, 0.2) is 5.76 Å². The SMILES string of the molecule is c1coc(-c2noc(CSc3n[nH]c(CCC4CCCC4)n3)n2)c1. The second kappa shape index (κ2) is 7.21. The second-order valence-electron chi connectivity index (χ2n) is 6.03. The minimum atomic E-state index is 0.461. The number of thioether (sulfide) groups is 1. The summed E-state index contributed by atoms with van der Waals surface area (Å²) in [5.74, 6) is 3.96. The summed E-state index contributed by atoms with van der Waals surface area (Å²) in [5.41, 5.74) is 0. The fraction of sp³-hybridized carbons (Fsp3) is 0.500. The van der Waals surface area contributed by atoms with E-state index in [2.05, 4.69) is 25.3 Å². The number of aryl methyl sites for hydroxylation is 1. The zero-order valence-electron chi connectivity index (χ0n) is 13.3. The van der Waals surface area contributed by atoms with Crippen molar-refractivity contribution in [1.29, 1.82) is 0 Å². The van der Waals surface area contributed by atoms with Gasteiger partial charge in [-0.15, -0.1) is 5.10 Å². The Morgan fingerprint density at radius 1 is 1.25 bits per heavy atom. The van der Waals surface area contributed by atoms with Crippen molar-refractivity contribution >= 4 is 11.8 Å². The number of hydrogen-bond acceptors (Lipinski definition) is 7. The standard InChI is InChI=1S/C16H19N5O2S/c1-2-5-11(4-1)7-8-13-17-16(20-19-13)24-10-14-18-15(21-23-14)12-6-3-9-22-12/h3,6,9,11H,1-2,4-5,7-8,10H2,(H,17,19,20). The summed E-state index contributed by atoms with van der Waals surface area (Å²) in [6.45, 7) is 0. The molecule has 1 aliphatic rings. The summed E-state index contributed by atoms with van der Waals surface area (Å²) in [4.78, 5) is 8.84. The monoisotopic (exact) mass is 345 g/mol. The molecule has 0 unspecified atom stereocenters. The maximum absolute atomic E-state index is 5.25. The Balaban J connectivity index is 1.28. The molecule has 0 bridgehead atoms. The highest BCUT2D eigenvalue weighted by molar-refractivity contribution is 7.98. The molecule has 0 spiro atoms. The number of H-pyrrole nitrogens is 1. The molecule has 0 aliphatic heterocycles. The molecular formula is C16H19N5O2S. The van der Waals surface area contributed by atoms with Gasteiger partial charge in [0, 0.05) is 6.42 Å². The fourth-order valence-corrected chi connectivity index (χ4v) is 3.69. The van der Waals surface area contributed by atoms with Crippen molar-refractivity contribution in [2.75, 3.05) is 0 Å². The highest BCUT2D eigenvalue weighted by Crippen LogP contribution is 2.28. The quantitative estimate of drug-likeness (QED) is 0.650. The van der Waals surface area contributed by atoms with Crippen molar-refractivity contribution in [3.8, 4) is 11.6 Å². The van der Waals surface area contributed by atoms with E-state index in [1.165, 1.54) is 43.9 Å². The molecule has 0 atom stereocenters. The van der Waals surface area contributed by atoms with Crippen molar-refractivity contribution in [2.24, 2.45) is 5.92 Å². The van der Waals surface area contributed by atoms with Crippen LogP contribution < -0.4 is 0 Å². The van der Waals surface area contributed by atoms with Crippen LogP contribution >= 0.6 is 11.8 Å². The molecule has 1 aliphatic carbocycles. The maximum Gasteiger partial charge on any atom is 0.238 e. The Bertz CT molecular complexity index is 761. The van der Waals surface area contributed by atoms with Crippen LogP contribution in [0.15, 0.2) is 32.5 Å². The van der Waals surface area contributed by atoms with Crippen LogP contribution in [0.4, 0.5) is 0 Å². The van der Waals surface area contributed by atoms with Gasteiger partial charge in [-0.05, 0) is 24.5 Å². The van der Waals surface area contributed by atoms with Crippen LogP contribution in [0.3, 0.4) is 0 Å². The Hall–Kier alpha value is -2.09. The molecule has 4 rings (SSSR count). The number of rotatable bonds is 7. The lowest BCUT2D eigenvalue weighted by Gasteiger charge is -2.05. The Labute approximate surface area is 143 Å². The van der Waals surface area contributed by atoms with E-state index >= 15 is 0 Å². The third-order valence-electron chi connectivity index (χ3n) is 4.31. The smallest absolute Gasteiger partial charge is 0.238 e. The van der Waals surface area contributed by atoms with Crippen LogP contribution in [0.2, 0.25) is 0 Å².